The van der Waals surface area contributed by atoms with Crippen LogP contribution in [-0.4, -0.2) is 37.5 Å². The molecule has 0 radical (unpaired) electrons. The smallest absolute Gasteiger partial charge is 0.302 e. The van der Waals surface area contributed by atoms with Gasteiger partial charge in [-0.1, -0.05) is 0 Å². The van der Waals surface area contributed by atoms with Gasteiger partial charge in [0.1, 0.15) is 5.56 Å². The summed E-state index contributed by atoms with van der Waals surface area (Å²) in [7, 11) is 1.31. The molecule has 0 heterocycles. The topological polar surface area (TPSA) is 105 Å². The van der Waals surface area contributed by atoms with Crippen molar-refractivity contribution in [1.82, 2.24) is 0 Å². The minimum atomic E-state index is -0.658. The van der Waals surface area contributed by atoms with Gasteiger partial charge in [-0.2, -0.15) is 0 Å². The molecule has 1 aromatic rings. The lowest BCUT2D eigenvalue weighted by Gasteiger charge is -2.12. The summed E-state index contributed by atoms with van der Waals surface area (Å²) < 4.78 is 15.3. The molecule has 0 N–H and O–H groups in total. The highest BCUT2D eigenvalue weighted by Gasteiger charge is 2.22. The Morgan fingerprint density at radius 2 is 2.00 bits per heavy atom. The van der Waals surface area contributed by atoms with Gasteiger partial charge < -0.3 is 14.2 Å². The number of ether oxygens (including phenoxy) is 3. The normalized spacial score (nSPS) is 9.91. The Hall–Kier alpha value is -2.64. The SMILES string of the molecule is COc1c(OCCCCOC(C)=O)ccc([N+](=O)[O-])c1C=O. The van der Waals surface area contributed by atoms with Crippen LogP contribution in [0.2, 0.25) is 0 Å². The molecule has 0 fully saturated rings. The number of rotatable bonds is 9. The number of benzene rings is 1. The zero-order valence-electron chi connectivity index (χ0n) is 12.4. The van der Waals surface area contributed by atoms with Crippen LogP contribution in [0.3, 0.4) is 0 Å². The Balaban J connectivity index is 2.69. The van der Waals surface area contributed by atoms with Crippen molar-refractivity contribution in [2.24, 2.45) is 0 Å². The molecular weight excluding hydrogens is 294 g/mol. The van der Waals surface area contributed by atoms with Crippen LogP contribution >= 0.6 is 0 Å². The predicted molar refractivity (Wildman–Crippen MR) is 76.4 cm³/mol. The molecule has 8 nitrogen and oxygen atoms in total. The molecule has 8 heteroatoms. The molecule has 0 unspecified atom stereocenters. The van der Waals surface area contributed by atoms with E-state index in [1.807, 2.05) is 0 Å². The van der Waals surface area contributed by atoms with E-state index in [1.54, 1.807) is 0 Å². The van der Waals surface area contributed by atoms with E-state index in [4.69, 9.17) is 14.2 Å². The maximum absolute atomic E-state index is 11.1. The zero-order valence-corrected chi connectivity index (χ0v) is 12.4. The van der Waals surface area contributed by atoms with E-state index in [9.17, 15) is 19.7 Å². The van der Waals surface area contributed by atoms with Crippen LogP contribution in [0.15, 0.2) is 12.1 Å². The van der Waals surface area contributed by atoms with Crippen molar-refractivity contribution >= 4 is 17.9 Å². The third-order valence-electron chi connectivity index (χ3n) is 2.76. The summed E-state index contributed by atoms with van der Waals surface area (Å²) in [5.74, 6) is -0.0551. The third kappa shape index (κ3) is 4.72. The van der Waals surface area contributed by atoms with Gasteiger partial charge in [0.2, 0.25) is 0 Å². The number of nitro groups is 1. The summed E-state index contributed by atoms with van der Waals surface area (Å²) in [4.78, 5) is 31.8. The molecule has 0 saturated carbocycles. The Labute approximate surface area is 127 Å². The summed E-state index contributed by atoms with van der Waals surface area (Å²) in [5, 5.41) is 10.9. The average molecular weight is 311 g/mol. The molecule has 1 rings (SSSR count). The van der Waals surface area contributed by atoms with E-state index in [0.717, 1.165) is 0 Å². The molecule has 0 saturated heterocycles. The molecule has 0 spiro atoms. The van der Waals surface area contributed by atoms with Gasteiger partial charge in [-0.15, -0.1) is 0 Å². The number of hydrogen-bond donors (Lipinski definition) is 0. The molecule has 0 bridgehead atoms. The Kier molecular flexibility index (Phi) is 6.81. The molecule has 0 aromatic heterocycles. The number of carbonyl (C=O) groups is 2. The van der Waals surface area contributed by atoms with Crippen molar-refractivity contribution in [3.63, 3.8) is 0 Å². The first kappa shape index (κ1) is 17.4. The van der Waals surface area contributed by atoms with E-state index < -0.39 is 4.92 Å². The lowest BCUT2D eigenvalue weighted by Crippen LogP contribution is -2.05. The standard InChI is InChI=1S/C14H17NO7/c1-10(17)21-7-3-4-8-22-13-6-5-12(15(18)19)11(9-16)14(13)20-2/h5-6,9H,3-4,7-8H2,1-2H3. The molecular formula is C14H17NO7. The van der Waals surface area contributed by atoms with Gasteiger partial charge in [0, 0.05) is 13.0 Å². The second kappa shape index (κ2) is 8.60. The molecule has 1 aromatic carbocycles. The fraction of sp³-hybridized carbons (Fsp3) is 0.429. The lowest BCUT2D eigenvalue weighted by atomic mass is 10.1. The minimum absolute atomic E-state index is 0.0317. The van der Waals surface area contributed by atoms with Gasteiger partial charge in [0.05, 0.1) is 25.2 Å². The van der Waals surface area contributed by atoms with Crippen molar-refractivity contribution in [3.05, 3.63) is 27.8 Å². The Bertz CT molecular complexity index is 556. The molecule has 0 atom stereocenters. The van der Waals surface area contributed by atoms with Crippen LogP contribution < -0.4 is 9.47 Å². The highest BCUT2D eigenvalue weighted by molar-refractivity contribution is 5.87. The van der Waals surface area contributed by atoms with E-state index in [-0.39, 0.29) is 28.7 Å². The first-order valence-electron chi connectivity index (χ1n) is 6.58. The number of unbranched alkanes of at least 4 members (excludes halogenated alkanes) is 1. The Morgan fingerprint density at radius 3 is 2.55 bits per heavy atom. The number of nitrogens with zero attached hydrogens (tertiary/aromatic N) is 1. The van der Waals surface area contributed by atoms with Gasteiger partial charge >= 0.3 is 5.97 Å². The second-order valence-electron chi connectivity index (χ2n) is 4.30. The number of esters is 1. The van der Waals surface area contributed by atoms with Crippen LogP contribution in [0.5, 0.6) is 11.5 Å². The highest BCUT2D eigenvalue weighted by Crippen LogP contribution is 2.36. The summed E-state index contributed by atoms with van der Waals surface area (Å²) >= 11 is 0. The number of hydrogen-bond acceptors (Lipinski definition) is 7. The molecule has 22 heavy (non-hydrogen) atoms. The number of methoxy groups -OCH3 is 1. The van der Waals surface area contributed by atoms with Crippen LogP contribution in [0, 0.1) is 10.1 Å². The van der Waals surface area contributed by atoms with Crippen molar-refractivity contribution < 1.29 is 28.7 Å². The fourth-order valence-electron chi connectivity index (χ4n) is 1.77. The van der Waals surface area contributed by atoms with E-state index in [0.29, 0.717) is 32.3 Å². The molecule has 0 amide bonds. The number of carbonyl (C=O) groups excluding carboxylic acids is 2. The summed E-state index contributed by atoms with van der Waals surface area (Å²) in [6.45, 7) is 1.93. The highest BCUT2D eigenvalue weighted by atomic mass is 16.6. The molecule has 0 aliphatic rings. The van der Waals surface area contributed by atoms with E-state index >= 15 is 0 Å². The van der Waals surface area contributed by atoms with Gasteiger partial charge in [-0.05, 0) is 18.9 Å². The maximum atomic E-state index is 11.1. The third-order valence-corrected chi connectivity index (χ3v) is 2.76. The predicted octanol–water partition coefficient (Wildman–Crippen LogP) is 2.14. The minimum Gasteiger partial charge on any atom is -0.492 e. The van der Waals surface area contributed by atoms with Crippen molar-refractivity contribution in [3.8, 4) is 11.5 Å². The van der Waals surface area contributed by atoms with Crippen LogP contribution in [0.4, 0.5) is 5.69 Å². The molecule has 120 valence electrons. The monoisotopic (exact) mass is 311 g/mol. The number of aldehydes is 1. The van der Waals surface area contributed by atoms with E-state index in [1.165, 1.54) is 26.2 Å². The first-order chi connectivity index (χ1) is 10.5. The maximum Gasteiger partial charge on any atom is 0.302 e. The van der Waals surface area contributed by atoms with Crippen LogP contribution in [0.1, 0.15) is 30.1 Å². The van der Waals surface area contributed by atoms with E-state index in [2.05, 4.69) is 0 Å². The zero-order chi connectivity index (χ0) is 16.5. The average Bonchev–Trinajstić information content (AvgIpc) is 2.49. The largest absolute Gasteiger partial charge is 0.492 e. The van der Waals surface area contributed by atoms with Gasteiger partial charge in [-0.25, -0.2) is 0 Å². The lowest BCUT2D eigenvalue weighted by molar-refractivity contribution is -0.385. The molecule has 0 aliphatic carbocycles. The van der Waals surface area contributed by atoms with Crippen LogP contribution in [-0.2, 0) is 9.53 Å². The Morgan fingerprint density at radius 1 is 1.32 bits per heavy atom. The van der Waals surface area contributed by atoms with Crippen molar-refractivity contribution in [2.75, 3.05) is 20.3 Å². The summed E-state index contributed by atoms with van der Waals surface area (Å²) in [6.07, 6.45) is 1.60. The number of nitro benzene ring substituents is 1. The fourth-order valence-corrected chi connectivity index (χ4v) is 1.77. The van der Waals surface area contributed by atoms with Crippen molar-refractivity contribution in [2.45, 2.75) is 19.8 Å². The van der Waals surface area contributed by atoms with Gasteiger partial charge in [-0.3, -0.25) is 19.7 Å². The second-order valence-corrected chi connectivity index (χ2v) is 4.30. The summed E-state index contributed by atoms with van der Waals surface area (Å²) in [5.41, 5.74) is -0.501. The summed E-state index contributed by atoms with van der Waals surface area (Å²) in [6, 6.07) is 2.58. The van der Waals surface area contributed by atoms with Crippen LogP contribution in [0.25, 0.3) is 0 Å². The first-order valence-corrected chi connectivity index (χ1v) is 6.58. The van der Waals surface area contributed by atoms with Gasteiger partial charge in [0.15, 0.2) is 17.8 Å². The van der Waals surface area contributed by atoms with Crippen molar-refractivity contribution in [1.29, 1.82) is 0 Å². The molecule has 0 aliphatic heterocycles. The van der Waals surface area contributed by atoms with Gasteiger partial charge in [0.25, 0.3) is 5.69 Å². The quantitative estimate of drug-likeness (QED) is 0.226.